The van der Waals surface area contributed by atoms with Crippen LogP contribution in [0.15, 0.2) is 34.6 Å². The van der Waals surface area contributed by atoms with E-state index in [0.29, 0.717) is 6.04 Å². The number of likely N-dealkylation sites (N-methyl/N-ethyl adjacent to an activating group) is 1. The van der Waals surface area contributed by atoms with Crippen molar-refractivity contribution in [1.82, 2.24) is 10.4 Å². The number of nitrogens with zero attached hydrogens (tertiary/aromatic N) is 1. The summed E-state index contributed by atoms with van der Waals surface area (Å²) in [5, 5.41) is 5.08. The molecule has 98 valence electrons. The first-order valence-corrected chi connectivity index (χ1v) is 6.52. The molecule has 0 aliphatic rings. The maximum Gasteiger partial charge on any atom is 0.0858 e. The Morgan fingerprint density at radius 1 is 1.53 bits per heavy atom. The Bertz CT molecular complexity index is 309. The minimum absolute atomic E-state index is 0.346. The Kier molecular flexibility index (Phi) is 8.00. The fraction of sp³-hybridized carbons (Fsp3) is 0.538. The van der Waals surface area contributed by atoms with E-state index >= 15 is 0 Å². The van der Waals surface area contributed by atoms with Crippen LogP contribution in [0.3, 0.4) is 0 Å². The number of allylic oxidation sites excluding steroid dienone is 3. The van der Waals surface area contributed by atoms with E-state index in [1.165, 1.54) is 0 Å². The molecule has 0 saturated carbocycles. The summed E-state index contributed by atoms with van der Waals surface area (Å²) in [6.45, 7) is 10.1. The van der Waals surface area contributed by atoms with E-state index in [-0.39, 0.29) is 0 Å². The van der Waals surface area contributed by atoms with Crippen LogP contribution < -0.4 is 5.32 Å². The third-order valence-corrected chi connectivity index (χ3v) is 2.95. The molecule has 0 aromatic heterocycles. The highest BCUT2D eigenvalue weighted by atomic mass is 79.9. The summed E-state index contributed by atoms with van der Waals surface area (Å²) in [5.41, 5.74) is 1.90. The molecule has 3 nitrogen and oxygen atoms in total. The van der Waals surface area contributed by atoms with Crippen molar-refractivity contribution in [3.8, 4) is 0 Å². The smallest absolute Gasteiger partial charge is 0.0858 e. The first-order valence-electron chi connectivity index (χ1n) is 5.73. The molecule has 0 spiro atoms. The molecule has 0 amide bonds. The lowest BCUT2D eigenvalue weighted by Gasteiger charge is -2.22. The molecule has 0 rings (SSSR count). The maximum atomic E-state index is 5.20. The van der Waals surface area contributed by atoms with Crippen molar-refractivity contribution in [2.24, 2.45) is 0 Å². The predicted octanol–water partition coefficient (Wildman–Crippen LogP) is 3.56. The second kappa shape index (κ2) is 8.37. The summed E-state index contributed by atoms with van der Waals surface area (Å²) in [6, 6.07) is 0.346. The molecule has 0 bridgehead atoms. The number of rotatable bonds is 7. The van der Waals surface area contributed by atoms with E-state index < -0.39 is 0 Å². The minimum Gasteiger partial charge on any atom is -0.381 e. The second-order valence-corrected chi connectivity index (χ2v) is 4.95. The highest BCUT2D eigenvalue weighted by molar-refractivity contribution is 9.11. The Labute approximate surface area is 113 Å². The summed E-state index contributed by atoms with van der Waals surface area (Å²) in [4.78, 5) is 5.20. The van der Waals surface area contributed by atoms with Gasteiger partial charge < -0.3 is 5.32 Å². The van der Waals surface area contributed by atoms with Crippen molar-refractivity contribution in [1.29, 1.82) is 0 Å². The molecule has 0 aromatic carbocycles. The fourth-order valence-corrected chi connectivity index (χ4v) is 1.49. The van der Waals surface area contributed by atoms with Gasteiger partial charge in [0.15, 0.2) is 0 Å². The highest BCUT2D eigenvalue weighted by Crippen LogP contribution is 2.17. The molecule has 0 unspecified atom stereocenters. The molecule has 0 aliphatic heterocycles. The van der Waals surface area contributed by atoms with E-state index in [0.717, 1.165) is 22.3 Å². The van der Waals surface area contributed by atoms with Crippen LogP contribution in [0.4, 0.5) is 0 Å². The van der Waals surface area contributed by atoms with Gasteiger partial charge in [-0.05, 0) is 36.9 Å². The quantitative estimate of drug-likeness (QED) is 0.575. The number of hydrogen-bond acceptors (Lipinski definition) is 3. The lowest BCUT2D eigenvalue weighted by atomic mass is 10.2. The SMILES string of the molecule is C=C/C(=C(\C=C(\Br)CC)NC(C)C)N(C)OC. The summed E-state index contributed by atoms with van der Waals surface area (Å²) >= 11 is 3.53. The van der Waals surface area contributed by atoms with Crippen molar-refractivity contribution >= 4 is 15.9 Å². The number of hydrogen-bond donors (Lipinski definition) is 1. The Balaban J connectivity index is 5.36. The van der Waals surface area contributed by atoms with E-state index in [4.69, 9.17) is 4.84 Å². The van der Waals surface area contributed by atoms with Crippen LogP contribution in [-0.2, 0) is 4.84 Å². The standard InChI is InChI=1S/C13H23BrN2O/c1-7-11(14)9-12(15-10(3)4)13(8-2)16(5)17-6/h8-10,15H,2,7H2,1,3-6H3/b11-9+,13-12-. The third-order valence-electron chi connectivity index (χ3n) is 2.17. The average molecular weight is 303 g/mol. The third kappa shape index (κ3) is 5.94. The van der Waals surface area contributed by atoms with Crippen LogP contribution in [0.2, 0.25) is 0 Å². The van der Waals surface area contributed by atoms with Gasteiger partial charge in [-0.25, -0.2) is 0 Å². The first kappa shape index (κ1) is 16.3. The van der Waals surface area contributed by atoms with Crippen LogP contribution >= 0.6 is 15.9 Å². The molecule has 0 fully saturated rings. The molecule has 17 heavy (non-hydrogen) atoms. The molecule has 0 aromatic rings. The molecule has 0 atom stereocenters. The van der Waals surface area contributed by atoms with Gasteiger partial charge in [-0.15, -0.1) is 0 Å². The van der Waals surface area contributed by atoms with Gasteiger partial charge >= 0.3 is 0 Å². The lowest BCUT2D eigenvalue weighted by molar-refractivity contribution is -0.0745. The van der Waals surface area contributed by atoms with E-state index in [1.54, 1.807) is 18.2 Å². The van der Waals surface area contributed by atoms with Gasteiger partial charge in [-0.1, -0.05) is 29.4 Å². The number of halogens is 1. The van der Waals surface area contributed by atoms with Crippen molar-refractivity contribution in [2.45, 2.75) is 33.2 Å². The van der Waals surface area contributed by atoms with E-state index in [2.05, 4.69) is 54.7 Å². The maximum absolute atomic E-state index is 5.20. The van der Waals surface area contributed by atoms with Crippen LogP contribution in [0, 0.1) is 0 Å². The number of nitrogens with one attached hydrogen (secondary N) is 1. The van der Waals surface area contributed by atoms with Crippen molar-refractivity contribution in [3.05, 3.63) is 34.6 Å². The molecule has 1 N–H and O–H groups in total. The van der Waals surface area contributed by atoms with E-state index in [1.807, 2.05) is 7.05 Å². The zero-order chi connectivity index (χ0) is 13.4. The van der Waals surface area contributed by atoms with Gasteiger partial charge in [-0.3, -0.25) is 9.90 Å². The van der Waals surface area contributed by atoms with Gasteiger partial charge in [0, 0.05) is 13.1 Å². The van der Waals surface area contributed by atoms with Crippen molar-refractivity contribution in [2.75, 3.05) is 14.2 Å². The van der Waals surface area contributed by atoms with Gasteiger partial charge in [0.05, 0.1) is 18.5 Å². The van der Waals surface area contributed by atoms with Gasteiger partial charge in [0.1, 0.15) is 0 Å². The molecule has 0 aliphatic carbocycles. The largest absolute Gasteiger partial charge is 0.381 e. The summed E-state index contributed by atoms with van der Waals surface area (Å²) in [7, 11) is 3.49. The lowest BCUT2D eigenvalue weighted by Crippen LogP contribution is -2.26. The van der Waals surface area contributed by atoms with Gasteiger partial charge in [0.25, 0.3) is 0 Å². The van der Waals surface area contributed by atoms with Crippen LogP contribution in [0.25, 0.3) is 0 Å². The Morgan fingerprint density at radius 3 is 2.47 bits per heavy atom. The van der Waals surface area contributed by atoms with Gasteiger partial charge in [0.2, 0.25) is 0 Å². The monoisotopic (exact) mass is 302 g/mol. The van der Waals surface area contributed by atoms with Crippen molar-refractivity contribution in [3.63, 3.8) is 0 Å². The summed E-state index contributed by atoms with van der Waals surface area (Å²) in [5.74, 6) is 0. The topological polar surface area (TPSA) is 24.5 Å². The fourth-order valence-electron chi connectivity index (χ4n) is 1.27. The zero-order valence-electron chi connectivity index (χ0n) is 11.4. The summed E-state index contributed by atoms with van der Waals surface area (Å²) < 4.78 is 1.13. The second-order valence-electron chi connectivity index (χ2n) is 3.93. The van der Waals surface area contributed by atoms with Crippen LogP contribution in [-0.4, -0.2) is 25.3 Å². The highest BCUT2D eigenvalue weighted by Gasteiger charge is 2.08. The van der Waals surface area contributed by atoms with Crippen LogP contribution in [0.5, 0.6) is 0 Å². The molecular weight excluding hydrogens is 280 g/mol. The predicted molar refractivity (Wildman–Crippen MR) is 77.6 cm³/mol. The van der Waals surface area contributed by atoms with Gasteiger partial charge in [-0.2, -0.15) is 0 Å². The molecule has 0 radical (unpaired) electrons. The molecular formula is C13H23BrN2O. The average Bonchev–Trinajstić information content (AvgIpc) is 2.28. The minimum atomic E-state index is 0.346. The molecule has 0 heterocycles. The Morgan fingerprint density at radius 2 is 2.12 bits per heavy atom. The van der Waals surface area contributed by atoms with E-state index in [9.17, 15) is 0 Å². The molecule has 4 heteroatoms. The normalized spacial score (nSPS) is 13.5. The summed E-state index contributed by atoms with van der Waals surface area (Å²) in [6.07, 6.45) is 4.79. The van der Waals surface area contributed by atoms with Crippen molar-refractivity contribution < 1.29 is 4.84 Å². The molecule has 0 saturated heterocycles. The Hall–Kier alpha value is -0.740. The van der Waals surface area contributed by atoms with Crippen LogP contribution in [0.1, 0.15) is 27.2 Å². The zero-order valence-corrected chi connectivity index (χ0v) is 13.0. The number of hydroxylamine groups is 2. The first-order chi connectivity index (χ1) is 7.96.